The number of nitrogens with zero attached hydrogens (tertiary/aromatic N) is 2. The summed E-state index contributed by atoms with van der Waals surface area (Å²) in [4.78, 5) is 8.74. The summed E-state index contributed by atoms with van der Waals surface area (Å²) in [5, 5.41) is 3.30. The maximum absolute atomic E-state index is 4.44. The van der Waals surface area contributed by atoms with Crippen molar-refractivity contribution in [1.29, 1.82) is 0 Å². The van der Waals surface area contributed by atoms with Crippen molar-refractivity contribution in [3.8, 4) is 0 Å². The average Bonchev–Trinajstić information content (AvgIpc) is 2.39. The van der Waals surface area contributed by atoms with Crippen molar-refractivity contribution in [1.82, 2.24) is 15.3 Å². The number of nitrogens with one attached hydrogen (secondary N) is 1. The van der Waals surface area contributed by atoms with Crippen LogP contribution in [0, 0.1) is 10.5 Å². The van der Waals surface area contributed by atoms with E-state index in [9.17, 15) is 0 Å². The lowest BCUT2D eigenvalue weighted by atomic mass is 10.0. The van der Waals surface area contributed by atoms with E-state index in [-0.39, 0.29) is 6.04 Å². The fourth-order valence-corrected chi connectivity index (χ4v) is 2.15. The van der Waals surface area contributed by atoms with Crippen molar-refractivity contribution in [3.05, 3.63) is 57.2 Å². The van der Waals surface area contributed by atoms with Crippen LogP contribution >= 0.6 is 22.6 Å². The molecule has 0 amide bonds. The zero-order valence-corrected chi connectivity index (χ0v) is 12.7. The van der Waals surface area contributed by atoms with Crippen molar-refractivity contribution in [2.45, 2.75) is 19.4 Å². The van der Waals surface area contributed by atoms with Crippen LogP contribution < -0.4 is 5.32 Å². The Morgan fingerprint density at radius 1 is 1.17 bits per heavy atom. The Kier molecular flexibility index (Phi) is 4.66. The SMILES string of the molecule is CNC(Cc1ccc(I)cc1)c1cnc(C)cn1. The second-order valence-electron chi connectivity index (χ2n) is 4.25. The third kappa shape index (κ3) is 3.49. The van der Waals surface area contributed by atoms with Crippen LogP contribution in [-0.4, -0.2) is 17.0 Å². The molecule has 0 radical (unpaired) electrons. The Bertz CT molecular complexity index is 493. The van der Waals surface area contributed by atoms with Crippen LogP contribution in [0.1, 0.15) is 23.0 Å². The zero-order valence-electron chi connectivity index (χ0n) is 10.5. The lowest BCUT2D eigenvalue weighted by molar-refractivity contribution is 0.572. The van der Waals surface area contributed by atoms with Crippen molar-refractivity contribution < 1.29 is 0 Å². The lowest BCUT2D eigenvalue weighted by Gasteiger charge is -2.15. The monoisotopic (exact) mass is 353 g/mol. The lowest BCUT2D eigenvalue weighted by Crippen LogP contribution is -2.20. The molecule has 1 aromatic carbocycles. The normalized spacial score (nSPS) is 12.4. The molecule has 1 heterocycles. The predicted octanol–water partition coefficient (Wildman–Crippen LogP) is 2.89. The van der Waals surface area contributed by atoms with Gasteiger partial charge in [-0.3, -0.25) is 9.97 Å². The van der Waals surface area contributed by atoms with E-state index in [2.05, 4.69) is 62.1 Å². The van der Waals surface area contributed by atoms with Gasteiger partial charge in [-0.25, -0.2) is 0 Å². The van der Waals surface area contributed by atoms with E-state index in [4.69, 9.17) is 0 Å². The van der Waals surface area contributed by atoms with Crippen LogP contribution in [0.2, 0.25) is 0 Å². The molecular formula is C14H16IN3. The number of aryl methyl sites for hydroxylation is 1. The van der Waals surface area contributed by atoms with Gasteiger partial charge in [0.2, 0.25) is 0 Å². The minimum Gasteiger partial charge on any atom is -0.311 e. The van der Waals surface area contributed by atoms with E-state index in [1.54, 1.807) is 0 Å². The summed E-state index contributed by atoms with van der Waals surface area (Å²) in [6.45, 7) is 1.95. The van der Waals surface area contributed by atoms with Crippen LogP contribution in [0.4, 0.5) is 0 Å². The van der Waals surface area contributed by atoms with Crippen molar-refractivity contribution >= 4 is 22.6 Å². The van der Waals surface area contributed by atoms with E-state index in [0.717, 1.165) is 17.8 Å². The topological polar surface area (TPSA) is 37.8 Å². The maximum Gasteiger partial charge on any atom is 0.0759 e. The Balaban J connectivity index is 2.14. The van der Waals surface area contributed by atoms with Crippen molar-refractivity contribution in [3.63, 3.8) is 0 Å². The van der Waals surface area contributed by atoms with Gasteiger partial charge in [0.05, 0.1) is 23.6 Å². The first kappa shape index (κ1) is 13.4. The predicted molar refractivity (Wildman–Crippen MR) is 81.4 cm³/mol. The van der Waals surface area contributed by atoms with Crippen LogP contribution in [0.25, 0.3) is 0 Å². The molecule has 94 valence electrons. The zero-order chi connectivity index (χ0) is 13.0. The second-order valence-corrected chi connectivity index (χ2v) is 5.50. The van der Waals surface area contributed by atoms with E-state index >= 15 is 0 Å². The molecule has 1 unspecified atom stereocenters. The highest BCUT2D eigenvalue weighted by atomic mass is 127. The van der Waals surface area contributed by atoms with E-state index in [1.165, 1.54) is 9.13 Å². The van der Waals surface area contributed by atoms with Gasteiger partial charge in [-0.1, -0.05) is 12.1 Å². The van der Waals surface area contributed by atoms with Gasteiger partial charge in [0.25, 0.3) is 0 Å². The summed E-state index contributed by atoms with van der Waals surface area (Å²) in [6.07, 6.45) is 4.59. The highest BCUT2D eigenvalue weighted by Crippen LogP contribution is 2.16. The molecule has 0 saturated carbocycles. The van der Waals surface area contributed by atoms with Crippen LogP contribution in [-0.2, 0) is 6.42 Å². The molecule has 0 fully saturated rings. The van der Waals surface area contributed by atoms with E-state index in [1.807, 2.05) is 26.4 Å². The van der Waals surface area contributed by atoms with Crippen LogP contribution in [0.15, 0.2) is 36.7 Å². The van der Waals surface area contributed by atoms with Gasteiger partial charge in [-0.05, 0) is 60.7 Å². The number of benzene rings is 1. The number of likely N-dealkylation sites (N-methyl/N-ethyl adjacent to an activating group) is 1. The fraction of sp³-hybridized carbons (Fsp3) is 0.286. The van der Waals surface area contributed by atoms with Crippen molar-refractivity contribution in [2.75, 3.05) is 7.05 Å². The molecule has 4 heteroatoms. The number of hydrogen-bond donors (Lipinski definition) is 1. The summed E-state index contributed by atoms with van der Waals surface area (Å²) >= 11 is 2.32. The second kappa shape index (κ2) is 6.24. The molecule has 1 N–H and O–H groups in total. The number of aromatic nitrogens is 2. The molecular weight excluding hydrogens is 337 g/mol. The Hall–Kier alpha value is -1.01. The number of rotatable bonds is 4. The highest BCUT2D eigenvalue weighted by Gasteiger charge is 2.11. The van der Waals surface area contributed by atoms with Gasteiger partial charge < -0.3 is 5.32 Å². The van der Waals surface area contributed by atoms with Gasteiger partial charge in [0.1, 0.15) is 0 Å². The highest BCUT2D eigenvalue weighted by molar-refractivity contribution is 14.1. The van der Waals surface area contributed by atoms with Gasteiger partial charge >= 0.3 is 0 Å². The van der Waals surface area contributed by atoms with Crippen LogP contribution in [0.5, 0.6) is 0 Å². The fourth-order valence-electron chi connectivity index (χ4n) is 1.79. The van der Waals surface area contributed by atoms with Gasteiger partial charge in [-0.15, -0.1) is 0 Å². The van der Waals surface area contributed by atoms with E-state index in [0.29, 0.717) is 0 Å². The van der Waals surface area contributed by atoms with Gasteiger partial charge in [0, 0.05) is 9.77 Å². The minimum atomic E-state index is 0.207. The molecule has 0 aliphatic rings. The first-order valence-corrected chi connectivity index (χ1v) is 6.97. The molecule has 0 bridgehead atoms. The maximum atomic E-state index is 4.44. The first-order valence-electron chi connectivity index (χ1n) is 5.89. The molecule has 3 nitrogen and oxygen atoms in total. The van der Waals surface area contributed by atoms with Crippen LogP contribution in [0.3, 0.4) is 0 Å². The largest absolute Gasteiger partial charge is 0.311 e. The summed E-state index contributed by atoms with van der Waals surface area (Å²) in [5.74, 6) is 0. The third-order valence-electron chi connectivity index (χ3n) is 2.86. The molecule has 2 aromatic rings. The van der Waals surface area contributed by atoms with Crippen molar-refractivity contribution in [2.24, 2.45) is 0 Å². The van der Waals surface area contributed by atoms with E-state index < -0.39 is 0 Å². The standard InChI is InChI=1S/C14H16IN3/c1-10-8-18-14(9-17-10)13(16-2)7-11-3-5-12(15)6-4-11/h3-6,8-9,13,16H,7H2,1-2H3. The molecule has 18 heavy (non-hydrogen) atoms. The summed E-state index contributed by atoms with van der Waals surface area (Å²) in [5.41, 5.74) is 3.24. The molecule has 0 saturated heterocycles. The Morgan fingerprint density at radius 3 is 2.44 bits per heavy atom. The quantitative estimate of drug-likeness (QED) is 0.859. The molecule has 1 aromatic heterocycles. The summed E-state index contributed by atoms with van der Waals surface area (Å²) in [6, 6.07) is 8.78. The van der Waals surface area contributed by atoms with Gasteiger partial charge in [-0.2, -0.15) is 0 Å². The molecule has 0 aliphatic carbocycles. The third-order valence-corrected chi connectivity index (χ3v) is 3.58. The molecule has 1 atom stereocenters. The first-order chi connectivity index (χ1) is 8.69. The number of halogens is 1. The minimum absolute atomic E-state index is 0.207. The smallest absolute Gasteiger partial charge is 0.0759 e. The average molecular weight is 353 g/mol. The Morgan fingerprint density at radius 2 is 1.89 bits per heavy atom. The summed E-state index contributed by atoms with van der Waals surface area (Å²) < 4.78 is 1.26. The molecule has 0 aliphatic heterocycles. The molecule has 2 rings (SSSR count). The summed E-state index contributed by atoms with van der Waals surface area (Å²) in [7, 11) is 1.96. The van der Waals surface area contributed by atoms with Gasteiger partial charge in [0.15, 0.2) is 0 Å². The Labute approximate surface area is 121 Å². The molecule has 0 spiro atoms. The number of hydrogen-bond acceptors (Lipinski definition) is 3.